The topological polar surface area (TPSA) is 98.9 Å². The number of ether oxygens (including phenoxy) is 2. The molecule has 0 saturated heterocycles. The van der Waals surface area contributed by atoms with Gasteiger partial charge >= 0.3 is 12.2 Å². The van der Waals surface area contributed by atoms with E-state index in [1.54, 1.807) is 41.5 Å². The van der Waals surface area contributed by atoms with Crippen molar-refractivity contribution in [1.29, 1.82) is 0 Å². The minimum atomic E-state index is -0.891. The van der Waals surface area contributed by atoms with E-state index in [0.717, 1.165) is 11.2 Å². The van der Waals surface area contributed by atoms with Crippen LogP contribution in [0.15, 0.2) is 10.7 Å². The molecule has 0 spiro atoms. The van der Waals surface area contributed by atoms with Crippen molar-refractivity contribution < 1.29 is 28.3 Å². The maximum absolute atomic E-state index is 12.2. The van der Waals surface area contributed by atoms with Crippen LogP contribution in [0.3, 0.4) is 0 Å². The Morgan fingerprint density at radius 3 is 1.96 bits per heavy atom. The van der Waals surface area contributed by atoms with E-state index in [4.69, 9.17) is 13.9 Å². The molecule has 8 nitrogen and oxygen atoms in total. The van der Waals surface area contributed by atoms with Crippen LogP contribution in [0, 0.1) is 0 Å². The van der Waals surface area contributed by atoms with Crippen LogP contribution >= 0.6 is 0 Å². The standard InChI is InChI=1S/C15H22N2O6/c1-14(2,3)22-12(19)17(13(20)23-15(4,5)6)7-11-16-10(8-18)9-21-11/h8-9H,7H2,1-6H3. The molecule has 0 aliphatic heterocycles. The van der Waals surface area contributed by atoms with Crippen molar-refractivity contribution in [3.63, 3.8) is 0 Å². The number of imide groups is 1. The van der Waals surface area contributed by atoms with Crippen LogP contribution in [0.2, 0.25) is 0 Å². The van der Waals surface area contributed by atoms with Gasteiger partial charge in [0.15, 0.2) is 6.29 Å². The zero-order valence-corrected chi connectivity index (χ0v) is 14.2. The summed E-state index contributed by atoms with van der Waals surface area (Å²) in [6, 6.07) is 0. The molecule has 128 valence electrons. The van der Waals surface area contributed by atoms with E-state index in [2.05, 4.69) is 4.98 Å². The van der Waals surface area contributed by atoms with Gasteiger partial charge in [-0.15, -0.1) is 0 Å². The number of hydrogen-bond donors (Lipinski definition) is 0. The van der Waals surface area contributed by atoms with Gasteiger partial charge in [0.1, 0.15) is 29.7 Å². The molecule has 0 bridgehead atoms. The predicted molar refractivity (Wildman–Crippen MR) is 79.9 cm³/mol. The van der Waals surface area contributed by atoms with E-state index in [0.29, 0.717) is 6.29 Å². The lowest BCUT2D eigenvalue weighted by Gasteiger charge is -2.27. The maximum Gasteiger partial charge on any atom is 0.420 e. The number of nitrogens with zero attached hydrogens (tertiary/aromatic N) is 2. The number of carbonyl (C=O) groups is 3. The number of carbonyl (C=O) groups excluding carboxylic acids is 3. The van der Waals surface area contributed by atoms with E-state index in [1.165, 1.54) is 0 Å². The Bertz CT molecular complexity index is 552. The largest absolute Gasteiger partial charge is 0.446 e. The molecule has 0 aromatic carbocycles. The first-order valence-corrected chi connectivity index (χ1v) is 7.04. The average molecular weight is 326 g/mol. The Kier molecular flexibility index (Phi) is 5.52. The smallest absolute Gasteiger partial charge is 0.420 e. The van der Waals surface area contributed by atoms with Gasteiger partial charge in [0.05, 0.1) is 0 Å². The average Bonchev–Trinajstić information content (AvgIpc) is 2.79. The molecule has 0 atom stereocenters. The number of rotatable bonds is 3. The fourth-order valence-corrected chi connectivity index (χ4v) is 1.42. The van der Waals surface area contributed by atoms with Gasteiger partial charge < -0.3 is 13.9 Å². The molecule has 8 heteroatoms. The lowest BCUT2D eigenvalue weighted by Crippen LogP contribution is -2.43. The second kappa shape index (κ2) is 6.80. The molecule has 1 rings (SSSR count). The zero-order chi connectivity index (χ0) is 17.8. The normalized spacial score (nSPS) is 11.7. The summed E-state index contributed by atoms with van der Waals surface area (Å²) in [5.41, 5.74) is -1.52. The van der Waals surface area contributed by atoms with Gasteiger partial charge in [-0.2, -0.15) is 0 Å². The number of aldehydes is 1. The molecule has 23 heavy (non-hydrogen) atoms. The van der Waals surface area contributed by atoms with E-state index in [1.807, 2.05) is 0 Å². The Morgan fingerprint density at radius 1 is 1.13 bits per heavy atom. The molecule has 1 aromatic heterocycles. The summed E-state index contributed by atoms with van der Waals surface area (Å²) in [6.07, 6.45) is -0.154. The zero-order valence-electron chi connectivity index (χ0n) is 14.2. The van der Waals surface area contributed by atoms with Gasteiger partial charge in [-0.3, -0.25) is 4.79 Å². The summed E-state index contributed by atoms with van der Waals surface area (Å²) in [7, 11) is 0. The number of amides is 2. The minimum Gasteiger partial charge on any atom is -0.446 e. The molecule has 1 heterocycles. The second-order valence-electron chi connectivity index (χ2n) is 6.83. The van der Waals surface area contributed by atoms with Gasteiger partial charge in [-0.05, 0) is 41.5 Å². The van der Waals surface area contributed by atoms with E-state index in [9.17, 15) is 14.4 Å². The lowest BCUT2D eigenvalue weighted by molar-refractivity contribution is -0.00176. The molecular formula is C15H22N2O6. The van der Waals surface area contributed by atoms with Gasteiger partial charge in [0.2, 0.25) is 5.89 Å². The van der Waals surface area contributed by atoms with Crippen LogP contribution < -0.4 is 0 Å². The highest BCUT2D eigenvalue weighted by atomic mass is 16.6. The lowest BCUT2D eigenvalue weighted by atomic mass is 10.2. The third-order valence-corrected chi connectivity index (χ3v) is 2.21. The van der Waals surface area contributed by atoms with Gasteiger partial charge in [-0.25, -0.2) is 19.5 Å². The van der Waals surface area contributed by atoms with Crippen molar-refractivity contribution in [2.24, 2.45) is 0 Å². The number of aromatic nitrogens is 1. The van der Waals surface area contributed by atoms with Crippen molar-refractivity contribution in [1.82, 2.24) is 9.88 Å². The molecule has 0 radical (unpaired) electrons. The SMILES string of the molecule is CC(C)(C)OC(=O)N(Cc1nc(C=O)co1)C(=O)OC(C)(C)C. The van der Waals surface area contributed by atoms with Crippen LogP contribution in [0.5, 0.6) is 0 Å². The fraction of sp³-hybridized carbons (Fsp3) is 0.600. The van der Waals surface area contributed by atoms with Crippen molar-refractivity contribution >= 4 is 18.5 Å². The Morgan fingerprint density at radius 2 is 1.61 bits per heavy atom. The Hall–Kier alpha value is -2.38. The molecule has 0 fully saturated rings. The fourth-order valence-electron chi connectivity index (χ4n) is 1.42. The van der Waals surface area contributed by atoms with Gasteiger partial charge in [0.25, 0.3) is 0 Å². The highest BCUT2D eigenvalue weighted by Gasteiger charge is 2.32. The Labute approximate surface area is 134 Å². The third kappa shape index (κ3) is 6.50. The van der Waals surface area contributed by atoms with E-state index in [-0.39, 0.29) is 18.1 Å². The molecule has 0 aliphatic rings. The molecular weight excluding hydrogens is 304 g/mol. The van der Waals surface area contributed by atoms with Crippen LogP contribution in [-0.2, 0) is 16.0 Å². The monoisotopic (exact) mass is 326 g/mol. The molecule has 0 unspecified atom stereocenters. The van der Waals surface area contributed by atoms with Crippen molar-refractivity contribution in [2.45, 2.75) is 59.3 Å². The highest BCUT2D eigenvalue weighted by Crippen LogP contribution is 2.16. The van der Waals surface area contributed by atoms with Crippen LogP contribution in [-0.4, -0.2) is 39.6 Å². The second-order valence-corrected chi connectivity index (χ2v) is 6.83. The van der Waals surface area contributed by atoms with Crippen LogP contribution in [0.1, 0.15) is 57.9 Å². The number of hydrogen-bond acceptors (Lipinski definition) is 7. The van der Waals surface area contributed by atoms with E-state index < -0.39 is 23.4 Å². The van der Waals surface area contributed by atoms with Gasteiger partial charge in [-0.1, -0.05) is 0 Å². The van der Waals surface area contributed by atoms with Crippen molar-refractivity contribution in [3.05, 3.63) is 17.8 Å². The first-order chi connectivity index (χ1) is 10.4. The summed E-state index contributed by atoms with van der Waals surface area (Å²) in [5.74, 6) is 0.0174. The van der Waals surface area contributed by atoms with Gasteiger partial charge in [0, 0.05) is 0 Å². The van der Waals surface area contributed by atoms with Crippen molar-refractivity contribution in [3.8, 4) is 0 Å². The summed E-state index contributed by atoms with van der Waals surface area (Å²) < 4.78 is 15.4. The molecule has 2 amide bonds. The van der Waals surface area contributed by atoms with Crippen molar-refractivity contribution in [2.75, 3.05) is 0 Å². The number of oxazole rings is 1. The Balaban J connectivity index is 2.97. The first-order valence-electron chi connectivity index (χ1n) is 7.04. The minimum absolute atomic E-state index is 0.0174. The molecule has 1 aromatic rings. The summed E-state index contributed by atoms with van der Waals surface area (Å²) in [5, 5.41) is 0. The summed E-state index contributed by atoms with van der Waals surface area (Å²) in [6.45, 7) is 9.74. The van der Waals surface area contributed by atoms with E-state index >= 15 is 0 Å². The molecule has 0 N–H and O–H groups in total. The maximum atomic E-state index is 12.2. The van der Waals surface area contributed by atoms with Crippen LogP contribution in [0.4, 0.5) is 9.59 Å². The highest BCUT2D eigenvalue weighted by molar-refractivity contribution is 5.88. The summed E-state index contributed by atoms with van der Waals surface area (Å²) >= 11 is 0. The summed E-state index contributed by atoms with van der Waals surface area (Å²) in [4.78, 5) is 39.7. The predicted octanol–water partition coefficient (Wildman–Crippen LogP) is 3.16. The first kappa shape index (κ1) is 18.7. The third-order valence-electron chi connectivity index (χ3n) is 2.21. The molecule has 0 aliphatic carbocycles. The molecule has 0 saturated carbocycles. The quantitative estimate of drug-likeness (QED) is 0.786. The van der Waals surface area contributed by atoms with Crippen LogP contribution in [0.25, 0.3) is 0 Å².